The Labute approximate surface area is 214 Å². The van der Waals surface area contributed by atoms with Crippen molar-refractivity contribution in [3.8, 4) is 11.4 Å². The molecule has 36 heavy (non-hydrogen) atoms. The van der Waals surface area contributed by atoms with E-state index in [0.717, 1.165) is 11.3 Å². The van der Waals surface area contributed by atoms with Gasteiger partial charge in [-0.05, 0) is 54.6 Å². The van der Waals surface area contributed by atoms with Gasteiger partial charge in [0, 0.05) is 24.0 Å². The number of halogens is 1. The number of hydrazone groups is 1. The summed E-state index contributed by atoms with van der Waals surface area (Å²) in [5.74, 6) is -0.00545. The number of amidine groups is 2. The van der Waals surface area contributed by atoms with E-state index < -0.39 is 10.8 Å². The number of amides is 1. The van der Waals surface area contributed by atoms with Gasteiger partial charge in [-0.3, -0.25) is 20.3 Å². The largest absolute Gasteiger partial charge is 0.486 e. The first-order valence-corrected chi connectivity index (χ1v) is 11.8. The quantitative estimate of drug-likeness (QED) is 0.275. The van der Waals surface area contributed by atoms with Gasteiger partial charge in [0.15, 0.2) is 5.84 Å². The highest BCUT2D eigenvalue weighted by Gasteiger charge is 2.36. The molecule has 10 nitrogen and oxygen atoms in total. The number of benzene rings is 2. The highest BCUT2D eigenvalue weighted by Crippen LogP contribution is 2.31. The highest BCUT2D eigenvalue weighted by molar-refractivity contribution is 8.27. The number of carbonyl (C=O) groups excluding carboxylic acids is 1. The Hall–Kier alpha value is -4.22. The summed E-state index contributed by atoms with van der Waals surface area (Å²) in [5.41, 5.74) is 1.73. The molecule has 0 bridgehead atoms. The fraction of sp³-hybridized carbons (Fsp3) is 0.0833. The number of nitro benzene ring substituents is 1. The number of nitrogens with one attached hydrogen (secondary N) is 1. The van der Waals surface area contributed by atoms with Crippen LogP contribution in [0.3, 0.4) is 0 Å². The van der Waals surface area contributed by atoms with E-state index in [2.05, 4.69) is 10.1 Å². The number of non-ortho nitro benzene ring substituents is 1. The number of ether oxygens (including phenoxy) is 1. The Kier molecular flexibility index (Phi) is 6.17. The van der Waals surface area contributed by atoms with Crippen molar-refractivity contribution >= 4 is 57.1 Å². The van der Waals surface area contributed by atoms with Gasteiger partial charge in [-0.25, -0.2) is 0 Å². The minimum absolute atomic E-state index is 0.0191. The number of aryl methyl sites for hydroxylation is 1. The van der Waals surface area contributed by atoms with Gasteiger partial charge in [-0.2, -0.15) is 15.1 Å². The second-order valence-corrected chi connectivity index (χ2v) is 9.21. The Morgan fingerprint density at radius 2 is 2.03 bits per heavy atom. The van der Waals surface area contributed by atoms with Gasteiger partial charge in [0.1, 0.15) is 17.4 Å². The van der Waals surface area contributed by atoms with Crippen LogP contribution >= 0.6 is 23.4 Å². The number of rotatable bonds is 6. The predicted molar refractivity (Wildman–Crippen MR) is 139 cm³/mol. The van der Waals surface area contributed by atoms with Gasteiger partial charge in [-0.15, -0.1) is 0 Å². The number of hydrogen-bond donors (Lipinski definition) is 1. The second kappa shape index (κ2) is 9.44. The predicted octanol–water partition coefficient (Wildman–Crippen LogP) is 5.05. The molecule has 0 saturated carbocycles. The molecule has 0 unspecified atom stereocenters. The summed E-state index contributed by atoms with van der Waals surface area (Å²) < 4.78 is 7.44. The monoisotopic (exact) mass is 520 g/mol. The molecule has 3 aromatic rings. The Balaban J connectivity index is 1.42. The smallest absolute Gasteiger partial charge is 0.283 e. The maximum atomic E-state index is 12.8. The van der Waals surface area contributed by atoms with Gasteiger partial charge >= 0.3 is 0 Å². The first kappa shape index (κ1) is 23.5. The normalized spacial score (nSPS) is 16.2. The van der Waals surface area contributed by atoms with Gasteiger partial charge in [0.25, 0.3) is 11.6 Å². The fourth-order valence-electron chi connectivity index (χ4n) is 3.63. The number of aliphatic imine (C=N–C) groups is 1. The molecule has 0 aliphatic carbocycles. The molecule has 3 heterocycles. The van der Waals surface area contributed by atoms with Crippen LogP contribution in [-0.4, -0.2) is 43.1 Å². The maximum absolute atomic E-state index is 12.8. The lowest BCUT2D eigenvalue weighted by molar-refractivity contribution is -0.384. The molecule has 2 aliphatic heterocycles. The molecule has 2 aliphatic rings. The van der Waals surface area contributed by atoms with E-state index in [0.29, 0.717) is 21.4 Å². The van der Waals surface area contributed by atoms with E-state index >= 15 is 0 Å². The molecule has 5 rings (SSSR count). The zero-order valence-corrected chi connectivity index (χ0v) is 20.3. The molecule has 180 valence electrons. The topological polar surface area (TPSA) is 126 Å². The summed E-state index contributed by atoms with van der Waals surface area (Å²) in [4.78, 5) is 27.6. The number of hydrogen-bond acceptors (Lipinski definition) is 7. The molecule has 2 aromatic carbocycles. The number of nitro groups is 1. The first-order chi connectivity index (χ1) is 17.3. The molecule has 0 radical (unpaired) electrons. The van der Waals surface area contributed by atoms with E-state index in [1.54, 1.807) is 22.9 Å². The van der Waals surface area contributed by atoms with Crippen molar-refractivity contribution in [1.82, 2.24) is 9.58 Å². The van der Waals surface area contributed by atoms with Gasteiger partial charge < -0.3 is 9.30 Å². The maximum Gasteiger partial charge on any atom is 0.283 e. The van der Waals surface area contributed by atoms with E-state index in [1.807, 2.05) is 31.2 Å². The van der Waals surface area contributed by atoms with E-state index in [4.69, 9.17) is 21.7 Å². The van der Waals surface area contributed by atoms with Crippen LogP contribution in [0.25, 0.3) is 11.8 Å². The standard InChI is InChI=1S/C24H17ClN6O4S/c1-14-5-2-3-7-20(14)35-13-21-28-30-22(26)17(23(32)27-24(30)36-21)11-15-6-4-10-29(15)19-12-16(31(33)34)8-9-18(19)25/h2-12,26H,13H2,1H3/b17-11+,26-22?. The summed E-state index contributed by atoms with van der Waals surface area (Å²) in [6.07, 6.45) is 3.15. The lowest BCUT2D eigenvalue weighted by Gasteiger charge is -2.20. The number of para-hydroxylation sites is 1. The SMILES string of the molecule is Cc1ccccc1OCC1=NN2C(=N)/C(=C\c3cccn3-c3cc([N+](=O)[O-])ccc3Cl)C(=O)N=C2S1. The van der Waals surface area contributed by atoms with Gasteiger partial charge in [0.2, 0.25) is 5.17 Å². The lowest BCUT2D eigenvalue weighted by atomic mass is 10.1. The molecule has 0 spiro atoms. The minimum Gasteiger partial charge on any atom is -0.486 e. The van der Waals surface area contributed by atoms with Crippen molar-refractivity contribution in [2.24, 2.45) is 10.1 Å². The number of thioether (sulfide) groups is 1. The van der Waals surface area contributed by atoms with Crippen LogP contribution in [0, 0.1) is 22.4 Å². The zero-order chi connectivity index (χ0) is 25.4. The highest BCUT2D eigenvalue weighted by atomic mass is 35.5. The second-order valence-electron chi connectivity index (χ2n) is 7.76. The van der Waals surface area contributed by atoms with Gasteiger partial charge in [-0.1, -0.05) is 29.8 Å². The van der Waals surface area contributed by atoms with Crippen LogP contribution in [0.15, 0.2) is 76.5 Å². The van der Waals surface area contributed by atoms with E-state index in [9.17, 15) is 14.9 Å². The van der Waals surface area contributed by atoms with Crippen LogP contribution in [0.5, 0.6) is 5.75 Å². The van der Waals surface area contributed by atoms with Crippen molar-refractivity contribution in [3.63, 3.8) is 0 Å². The molecular weight excluding hydrogens is 504 g/mol. The molecule has 0 fully saturated rings. The van der Waals surface area contributed by atoms with Crippen LogP contribution in [0.1, 0.15) is 11.3 Å². The number of nitrogens with zero attached hydrogens (tertiary/aromatic N) is 5. The zero-order valence-electron chi connectivity index (χ0n) is 18.7. The minimum atomic E-state index is -0.590. The molecule has 0 saturated heterocycles. The van der Waals surface area contributed by atoms with Crippen molar-refractivity contribution < 1.29 is 14.5 Å². The van der Waals surface area contributed by atoms with Crippen molar-refractivity contribution in [2.75, 3.05) is 6.61 Å². The first-order valence-electron chi connectivity index (χ1n) is 10.6. The summed E-state index contributed by atoms with van der Waals surface area (Å²) in [5, 5.41) is 26.7. The molecule has 0 atom stereocenters. The number of carbonyl (C=O) groups is 1. The summed E-state index contributed by atoms with van der Waals surface area (Å²) in [7, 11) is 0. The molecule has 1 N–H and O–H groups in total. The van der Waals surface area contributed by atoms with Crippen molar-refractivity contribution in [2.45, 2.75) is 6.92 Å². The van der Waals surface area contributed by atoms with Crippen molar-refractivity contribution in [3.05, 3.63) is 92.8 Å². The number of aromatic nitrogens is 1. The van der Waals surface area contributed by atoms with Crippen LogP contribution in [-0.2, 0) is 4.79 Å². The Bertz CT molecular complexity index is 1530. The van der Waals surface area contributed by atoms with E-state index in [1.165, 1.54) is 41.0 Å². The Morgan fingerprint density at radius 1 is 1.22 bits per heavy atom. The van der Waals surface area contributed by atoms with Crippen molar-refractivity contribution in [1.29, 1.82) is 5.41 Å². The summed E-state index contributed by atoms with van der Waals surface area (Å²) in [6, 6.07) is 15.1. The van der Waals surface area contributed by atoms with E-state index in [-0.39, 0.29) is 28.9 Å². The summed E-state index contributed by atoms with van der Waals surface area (Å²) >= 11 is 7.47. The van der Waals surface area contributed by atoms with Crippen LogP contribution in [0.4, 0.5) is 5.69 Å². The van der Waals surface area contributed by atoms with Crippen LogP contribution in [0.2, 0.25) is 5.02 Å². The molecule has 12 heteroatoms. The Morgan fingerprint density at radius 3 is 2.81 bits per heavy atom. The van der Waals surface area contributed by atoms with Gasteiger partial charge in [0.05, 0.1) is 21.2 Å². The fourth-order valence-corrected chi connectivity index (χ4v) is 4.63. The molecule has 1 amide bonds. The lowest BCUT2D eigenvalue weighted by Crippen LogP contribution is -2.35. The molecular formula is C24H17ClN6O4S. The third-order valence-electron chi connectivity index (χ3n) is 5.41. The molecule has 1 aromatic heterocycles. The average molecular weight is 521 g/mol. The van der Waals surface area contributed by atoms with Crippen LogP contribution < -0.4 is 4.74 Å². The third kappa shape index (κ3) is 4.41. The average Bonchev–Trinajstić information content (AvgIpc) is 3.48. The summed E-state index contributed by atoms with van der Waals surface area (Å²) in [6.45, 7) is 2.11. The third-order valence-corrected chi connectivity index (χ3v) is 6.62. The number of fused-ring (bicyclic) bond motifs is 1.